The molecule has 124 valence electrons. The number of nitrogens with two attached hydrogens (primary N) is 1. The van der Waals surface area contributed by atoms with Gasteiger partial charge in [-0.1, -0.05) is 24.3 Å². The lowest BCUT2D eigenvalue weighted by Gasteiger charge is -2.09. The number of aliphatic hydroxyl groups is 1. The largest absolute Gasteiger partial charge is 0.452 e. The first-order chi connectivity index (χ1) is 11.5. The van der Waals surface area contributed by atoms with Crippen LogP contribution < -0.4 is 11.1 Å². The van der Waals surface area contributed by atoms with Gasteiger partial charge in [-0.15, -0.1) is 0 Å². The third kappa shape index (κ3) is 4.40. The summed E-state index contributed by atoms with van der Waals surface area (Å²) in [5.74, 6) is -1.94. The summed E-state index contributed by atoms with van der Waals surface area (Å²) in [6.45, 7) is -0.634. The second-order valence-electron chi connectivity index (χ2n) is 4.89. The summed E-state index contributed by atoms with van der Waals surface area (Å²) < 4.78 is 4.91. The molecule has 2 aromatic rings. The van der Waals surface area contributed by atoms with Crippen LogP contribution in [0.15, 0.2) is 48.5 Å². The highest BCUT2D eigenvalue weighted by molar-refractivity contribution is 6.03. The van der Waals surface area contributed by atoms with Crippen molar-refractivity contribution in [1.29, 1.82) is 0 Å². The Hall–Kier alpha value is -3.19. The van der Waals surface area contributed by atoms with Crippen LogP contribution in [0.1, 0.15) is 26.3 Å². The maximum atomic E-state index is 11.8. The topological polar surface area (TPSA) is 119 Å². The van der Waals surface area contributed by atoms with Gasteiger partial charge in [0.1, 0.15) is 0 Å². The van der Waals surface area contributed by atoms with Crippen molar-refractivity contribution in [3.05, 3.63) is 65.2 Å². The first kappa shape index (κ1) is 17.2. The number of carbonyl (C=O) groups is 3. The van der Waals surface area contributed by atoms with Crippen LogP contribution in [-0.2, 0) is 16.1 Å². The molecule has 0 saturated carbocycles. The number of anilines is 1. The van der Waals surface area contributed by atoms with E-state index in [9.17, 15) is 14.4 Å². The van der Waals surface area contributed by atoms with Crippen molar-refractivity contribution in [1.82, 2.24) is 0 Å². The molecule has 24 heavy (non-hydrogen) atoms. The van der Waals surface area contributed by atoms with Crippen molar-refractivity contribution in [3.8, 4) is 0 Å². The third-order valence-corrected chi connectivity index (χ3v) is 3.17. The SMILES string of the molecule is NC(=O)c1ccccc1NC(=O)COC(=O)c1ccc(CO)cc1. The lowest BCUT2D eigenvalue weighted by atomic mass is 10.1. The van der Waals surface area contributed by atoms with E-state index in [4.69, 9.17) is 15.6 Å². The molecule has 0 aliphatic heterocycles. The van der Waals surface area contributed by atoms with Crippen LogP contribution in [0.3, 0.4) is 0 Å². The number of hydrogen-bond acceptors (Lipinski definition) is 5. The van der Waals surface area contributed by atoms with Gasteiger partial charge in [0.05, 0.1) is 23.4 Å². The summed E-state index contributed by atoms with van der Waals surface area (Å²) in [5, 5.41) is 11.4. The molecule has 7 nitrogen and oxygen atoms in total. The standard InChI is InChI=1S/C17H16N2O5/c18-16(22)13-3-1-2-4-14(13)19-15(21)10-24-17(23)12-7-5-11(9-20)6-8-12/h1-8,20H,9-10H2,(H2,18,22)(H,19,21). The van der Waals surface area contributed by atoms with E-state index < -0.39 is 24.4 Å². The van der Waals surface area contributed by atoms with E-state index in [-0.39, 0.29) is 23.4 Å². The molecule has 0 saturated heterocycles. The molecule has 2 aromatic carbocycles. The van der Waals surface area contributed by atoms with Gasteiger partial charge in [-0.3, -0.25) is 9.59 Å². The van der Waals surface area contributed by atoms with Crippen molar-refractivity contribution in [3.63, 3.8) is 0 Å². The van der Waals surface area contributed by atoms with E-state index in [1.165, 1.54) is 24.3 Å². The van der Waals surface area contributed by atoms with Gasteiger partial charge in [0.25, 0.3) is 11.8 Å². The summed E-state index contributed by atoms with van der Waals surface area (Å²) >= 11 is 0. The lowest BCUT2D eigenvalue weighted by molar-refractivity contribution is -0.119. The molecular formula is C17H16N2O5. The zero-order valence-corrected chi connectivity index (χ0v) is 12.7. The highest BCUT2D eigenvalue weighted by atomic mass is 16.5. The van der Waals surface area contributed by atoms with Crippen LogP contribution in [-0.4, -0.2) is 29.5 Å². The molecule has 0 fully saturated rings. The molecule has 0 spiro atoms. The minimum absolute atomic E-state index is 0.128. The highest BCUT2D eigenvalue weighted by Gasteiger charge is 2.13. The van der Waals surface area contributed by atoms with E-state index >= 15 is 0 Å². The Morgan fingerprint density at radius 3 is 2.33 bits per heavy atom. The molecule has 7 heteroatoms. The average Bonchev–Trinajstić information content (AvgIpc) is 2.60. The van der Waals surface area contributed by atoms with Crippen LogP contribution in [0, 0.1) is 0 Å². The normalized spacial score (nSPS) is 10.0. The number of aliphatic hydroxyl groups excluding tert-OH is 1. The summed E-state index contributed by atoms with van der Waals surface area (Å²) in [7, 11) is 0. The Balaban J connectivity index is 1.93. The fraction of sp³-hybridized carbons (Fsp3) is 0.118. The molecule has 0 radical (unpaired) electrons. The van der Waals surface area contributed by atoms with Crippen molar-refractivity contribution in [2.75, 3.05) is 11.9 Å². The third-order valence-electron chi connectivity index (χ3n) is 3.17. The Kier molecular flexibility index (Phi) is 5.64. The van der Waals surface area contributed by atoms with Crippen LogP contribution >= 0.6 is 0 Å². The molecule has 0 aliphatic carbocycles. The highest BCUT2D eigenvalue weighted by Crippen LogP contribution is 2.14. The molecule has 0 heterocycles. The Bertz CT molecular complexity index is 756. The van der Waals surface area contributed by atoms with Gasteiger partial charge in [0.2, 0.25) is 0 Å². The Labute approximate surface area is 138 Å². The van der Waals surface area contributed by atoms with Crippen molar-refractivity contribution >= 4 is 23.5 Å². The van der Waals surface area contributed by atoms with E-state index in [0.717, 1.165) is 0 Å². The number of rotatable bonds is 6. The lowest BCUT2D eigenvalue weighted by Crippen LogP contribution is -2.23. The first-order valence-corrected chi connectivity index (χ1v) is 7.07. The minimum Gasteiger partial charge on any atom is -0.452 e. The average molecular weight is 328 g/mol. The number of primary amides is 1. The molecule has 0 aliphatic rings. The van der Waals surface area contributed by atoms with Crippen LogP contribution in [0.25, 0.3) is 0 Å². The molecular weight excluding hydrogens is 312 g/mol. The van der Waals surface area contributed by atoms with E-state index in [2.05, 4.69) is 5.32 Å². The fourth-order valence-corrected chi connectivity index (χ4v) is 1.95. The summed E-state index contributed by atoms with van der Waals surface area (Å²) in [5.41, 5.74) is 6.55. The van der Waals surface area contributed by atoms with Crippen molar-refractivity contribution in [2.45, 2.75) is 6.61 Å². The Morgan fingerprint density at radius 1 is 1.04 bits per heavy atom. The zero-order chi connectivity index (χ0) is 17.5. The van der Waals surface area contributed by atoms with Gasteiger partial charge < -0.3 is 20.9 Å². The van der Waals surface area contributed by atoms with Crippen molar-refractivity contribution < 1.29 is 24.2 Å². The summed E-state index contributed by atoms with van der Waals surface area (Å²) in [6, 6.07) is 12.4. The van der Waals surface area contributed by atoms with E-state index in [1.54, 1.807) is 24.3 Å². The molecule has 0 aromatic heterocycles. The number of benzene rings is 2. The number of amides is 2. The van der Waals surface area contributed by atoms with E-state index in [0.29, 0.717) is 5.56 Å². The van der Waals surface area contributed by atoms with Crippen LogP contribution in [0.5, 0.6) is 0 Å². The van der Waals surface area contributed by atoms with E-state index in [1.807, 2.05) is 0 Å². The monoisotopic (exact) mass is 328 g/mol. The number of nitrogens with one attached hydrogen (secondary N) is 1. The van der Waals surface area contributed by atoms with Gasteiger partial charge in [0.15, 0.2) is 6.61 Å². The molecule has 0 atom stereocenters. The number of para-hydroxylation sites is 1. The second kappa shape index (κ2) is 7.89. The first-order valence-electron chi connectivity index (χ1n) is 7.07. The maximum Gasteiger partial charge on any atom is 0.338 e. The molecule has 0 unspecified atom stereocenters. The van der Waals surface area contributed by atoms with Crippen LogP contribution in [0.4, 0.5) is 5.69 Å². The number of hydrogen-bond donors (Lipinski definition) is 3. The second-order valence-corrected chi connectivity index (χ2v) is 4.89. The van der Waals surface area contributed by atoms with Gasteiger partial charge in [-0.05, 0) is 29.8 Å². The predicted molar refractivity (Wildman–Crippen MR) is 86.2 cm³/mol. The Morgan fingerprint density at radius 2 is 1.71 bits per heavy atom. The van der Waals surface area contributed by atoms with Gasteiger partial charge >= 0.3 is 5.97 Å². The number of carbonyl (C=O) groups excluding carboxylic acids is 3. The smallest absolute Gasteiger partial charge is 0.338 e. The van der Waals surface area contributed by atoms with Crippen molar-refractivity contribution in [2.24, 2.45) is 5.73 Å². The molecule has 4 N–H and O–H groups in total. The molecule has 2 amide bonds. The van der Waals surface area contributed by atoms with Crippen LogP contribution in [0.2, 0.25) is 0 Å². The molecule has 2 rings (SSSR count). The van der Waals surface area contributed by atoms with Gasteiger partial charge in [0, 0.05) is 0 Å². The maximum absolute atomic E-state index is 11.8. The fourth-order valence-electron chi connectivity index (χ4n) is 1.95. The van der Waals surface area contributed by atoms with Gasteiger partial charge in [-0.25, -0.2) is 4.79 Å². The predicted octanol–water partition coefficient (Wildman–Crippen LogP) is 1.07. The number of ether oxygens (including phenoxy) is 1. The molecule has 0 bridgehead atoms. The van der Waals surface area contributed by atoms with Gasteiger partial charge in [-0.2, -0.15) is 0 Å². The minimum atomic E-state index is -0.674. The zero-order valence-electron chi connectivity index (χ0n) is 12.7. The summed E-state index contributed by atoms with van der Waals surface area (Å²) in [6.07, 6.45) is 0. The number of esters is 1. The quantitative estimate of drug-likeness (QED) is 0.685. The summed E-state index contributed by atoms with van der Waals surface area (Å²) in [4.78, 5) is 35.0.